The monoisotopic (exact) mass is 585 g/mol. The van der Waals surface area contributed by atoms with Gasteiger partial charge in [0.2, 0.25) is 11.8 Å². The summed E-state index contributed by atoms with van der Waals surface area (Å²) in [5, 5.41) is 9.55. The highest BCUT2D eigenvalue weighted by atomic mass is 32.1. The third-order valence-corrected chi connectivity index (χ3v) is 8.30. The first kappa shape index (κ1) is 34.6. The number of rotatable bonds is 12. The summed E-state index contributed by atoms with van der Waals surface area (Å²) in [5.41, 5.74) is 4.84. The highest BCUT2D eigenvalue weighted by molar-refractivity contribution is 7.13. The van der Waals surface area contributed by atoms with Gasteiger partial charge in [0.15, 0.2) is 0 Å². The summed E-state index contributed by atoms with van der Waals surface area (Å²) in [7, 11) is 1.80. The maximum absolute atomic E-state index is 13.2. The van der Waals surface area contributed by atoms with Crippen LogP contribution in [0.2, 0.25) is 0 Å². The molecule has 2 heterocycles. The second kappa shape index (κ2) is 16.7. The first-order valence-corrected chi connectivity index (χ1v) is 15.7. The molecule has 1 aliphatic heterocycles. The second-order valence-corrected chi connectivity index (χ2v) is 13.0. The number of amides is 2. The first-order chi connectivity index (χ1) is 19.4. The molecule has 0 saturated carbocycles. The fourth-order valence-corrected chi connectivity index (χ4v) is 5.85. The molecular formula is C32H51N5O3S. The van der Waals surface area contributed by atoms with Gasteiger partial charge in [-0.05, 0) is 69.7 Å². The van der Waals surface area contributed by atoms with Crippen LogP contribution < -0.4 is 16.0 Å². The molecule has 228 valence electrons. The van der Waals surface area contributed by atoms with Crippen LogP contribution in [0.4, 0.5) is 0 Å². The Balaban J connectivity index is 0.000000503. The number of aromatic nitrogens is 1. The van der Waals surface area contributed by atoms with Gasteiger partial charge in [-0.25, -0.2) is 4.98 Å². The number of carbonyl (C=O) groups is 3. The van der Waals surface area contributed by atoms with E-state index < -0.39 is 6.04 Å². The van der Waals surface area contributed by atoms with E-state index in [4.69, 9.17) is 0 Å². The number of benzene rings is 1. The Morgan fingerprint density at radius 3 is 2.37 bits per heavy atom. The predicted octanol–water partition coefficient (Wildman–Crippen LogP) is 5.27. The van der Waals surface area contributed by atoms with Crippen molar-refractivity contribution in [3.05, 3.63) is 41.0 Å². The number of hydrogen-bond acceptors (Lipinski definition) is 7. The van der Waals surface area contributed by atoms with Crippen LogP contribution in [0.1, 0.15) is 90.9 Å². The molecule has 9 heteroatoms. The Morgan fingerprint density at radius 1 is 1.15 bits per heavy atom. The van der Waals surface area contributed by atoms with E-state index in [0.717, 1.165) is 48.9 Å². The Bertz CT molecular complexity index is 1090. The molecule has 8 nitrogen and oxygen atoms in total. The van der Waals surface area contributed by atoms with Crippen molar-refractivity contribution in [3.63, 3.8) is 0 Å². The summed E-state index contributed by atoms with van der Waals surface area (Å²) in [5.74, 6) is -0.0749. The van der Waals surface area contributed by atoms with Gasteiger partial charge < -0.3 is 25.6 Å². The number of hydrogen-bond donors (Lipinski definition) is 3. The number of aldehydes is 1. The van der Waals surface area contributed by atoms with Crippen LogP contribution in [0.5, 0.6) is 0 Å². The van der Waals surface area contributed by atoms with Crippen molar-refractivity contribution in [1.29, 1.82) is 0 Å². The van der Waals surface area contributed by atoms with Gasteiger partial charge in [0.05, 0.1) is 28.2 Å². The number of likely N-dealkylation sites (tertiary alicyclic amines) is 1. The molecule has 1 fully saturated rings. The quantitative estimate of drug-likeness (QED) is 0.232. The lowest BCUT2D eigenvalue weighted by Crippen LogP contribution is -2.55. The number of aryl methyl sites for hydroxylation is 1. The standard InChI is InChI=1S/C24H34N4O2S.C8H17NO/c1-15(17-9-11-18(12-10-17)20-16(2)26-14-31-20)27-22(29)19-8-7-13-28(19)23(30)21(25-6)24(3,4)5;1-8(2)9-6-4-3-5-7-10/h9-12,14-15,19,21,25H,7-8,13H2,1-6H3,(H,27,29);7-9H,3-6H2,1-2H3/t15-,19-,21+;/m0./s1. The molecule has 0 aliphatic carbocycles. The van der Waals surface area contributed by atoms with Gasteiger partial charge in [-0.1, -0.05) is 58.9 Å². The second-order valence-electron chi connectivity index (χ2n) is 12.2. The Morgan fingerprint density at radius 2 is 1.83 bits per heavy atom. The summed E-state index contributed by atoms with van der Waals surface area (Å²) >= 11 is 1.63. The van der Waals surface area contributed by atoms with Gasteiger partial charge in [0.1, 0.15) is 12.3 Å². The number of unbranched alkanes of at least 4 members (excludes halogenated alkanes) is 2. The van der Waals surface area contributed by atoms with Gasteiger partial charge in [-0.15, -0.1) is 11.3 Å². The summed E-state index contributed by atoms with van der Waals surface area (Å²) in [4.78, 5) is 43.3. The number of carbonyl (C=O) groups excluding carboxylic acids is 3. The van der Waals surface area contributed by atoms with E-state index >= 15 is 0 Å². The molecule has 0 unspecified atom stereocenters. The van der Waals surface area contributed by atoms with E-state index in [1.54, 1.807) is 23.3 Å². The van der Waals surface area contributed by atoms with Gasteiger partial charge in [0, 0.05) is 19.0 Å². The summed E-state index contributed by atoms with van der Waals surface area (Å²) in [6, 6.07) is 7.95. The molecule has 1 aromatic carbocycles. The molecule has 3 N–H and O–H groups in total. The highest BCUT2D eigenvalue weighted by Gasteiger charge is 2.40. The molecule has 0 bridgehead atoms. The van der Waals surface area contributed by atoms with E-state index in [0.29, 0.717) is 25.4 Å². The van der Waals surface area contributed by atoms with Crippen LogP contribution in [0.15, 0.2) is 29.8 Å². The van der Waals surface area contributed by atoms with Gasteiger partial charge >= 0.3 is 0 Å². The topological polar surface area (TPSA) is 103 Å². The third kappa shape index (κ3) is 10.6. The lowest BCUT2D eigenvalue weighted by molar-refractivity contribution is -0.142. The number of nitrogens with one attached hydrogen (secondary N) is 3. The van der Waals surface area contributed by atoms with Gasteiger partial charge in [0.25, 0.3) is 0 Å². The predicted molar refractivity (Wildman–Crippen MR) is 169 cm³/mol. The zero-order chi connectivity index (χ0) is 30.6. The minimum atomic E-state index is -0.410. The van der Waals surface area contributed by atoms with E-state index in [-0.39, 0.29) is 29.3 Å². The maximum Gasteiger partial charge on any atom is 0.243 e. The molecule has 1 aromatic heterocycles. The van der Waals surface area contributed by atoms with Crippen molar-refractivity contribution in [2.24, 2.45) is 5.41 Å². The zero-order valence-corrected chi connectivity index (χ0v) is 27.1. The van der Waals surface area contributed by atoms with E-state index in [1.807, 2.05) is 52.3 Å². The van der Waals surface area contributed by atoms with Crippen LogP contribution >= 0.6 is 11.3 Å². The largest absolute Gasteiger partial charge is 0.348 e. The molecule has 0 spiro atoms. The summed E-state index contributed by atoms with van der Waals surface area (Å²) in [6.07, 6.45) is 5.37. The van der Waals surface area contributed by atoms with Crippen molar-refractivity contribution in [2.75, 3.05) is 20.1 Å². The van der Waals surface area contributed by atoms with Crippen LogP contribution in [-0.2, 0) is 14.4 Å². The van der Waals surface area contributed by atoms with Crippen LogP contribution in [-0.4, -0.2) is 66.2 Å². The third-order valence-electron chi connectivity index (χ3n) is 7.32. The van der Waals surface area contributed by atoms with Crippen molar-refractivity contribution in [1.82, 2.24) is 25.8 Å². The van der Waals surface area contributed by atoms with Crippen molar-refractivity contribution >= 4 is 29.4 Å². The van der Waals surface area contributed by atoms with Crippen LogP contribution in [0.3, 0.4) is 0 Å². The van der Waals surface area contributed by atoms with E-state index in [1.165, 1.54) is 4.88 Å². The molecule has 1 saturated heterocycles. The van der Waals surface area contributed by atoms with Crippen molar-refractivity contribution < 1.29 is 14.4 Å². The number of nitrogens with zero attached hydrogens (tertiary/aromatic N) is 2. The molecule has 0 radical (unpaired) electrons. The lowest BCUT2D eigenvalue weighted by Gasteiger charge is -2.35. The van der Waals surface area contributed by atoms with Gasteiger partial charge in [-0.2, -0.15) is 0 Å². The van der Waals surface area contributed by atoms with Crippen molar-refractivity contribution in [2.45, 2.75) is 105 Å². The highest BCUT2D eigenvalue weighted by Crippen LogP contribution is 2.29. The van der Waals surface area contributed by atoms with Crippen LogP contribution in [0, 0.1) is 12.3 Å². The SMILES string of the molecule is CC(C)NCCCCC=O.CN[C@H](C(=O)N1CCC[C@H]1C(=O)N[C@@H](C)c1ccc(-c2scnc2C)cc1)C(C)(C)C. The average molecular weight is 586 g/mol. The zero-order valence-electron chi connectivity index (χ0n) is 26.3. The smallest absolute Gasteiger partial charge is 0.243 e. The summed E-state index contributed by atoms with van der Waals surface area (Å²) < 4.78 is 0. The molecule has 3 atom stereocenters. The Kier molecular flexibility index (Phi) is 14.1. The molecule has 2 aromatic rings. The fourth-order valence-electron chi connectivity index (χ4n) is 5.03. The normalized spacial score (nSPS) is 16.6. The maximum atomic E-state index is 13.2. The lowest BCUT2D eigenvalue weighted by atomic mass is 9.86. The first-order valence-electron chi connectivity index (χ1n) is 14.9. The fraction of sp³-hybridized carbons (Fsp3) is 0.625. The molecular weight excluding hydrogens is 534 g/mol. The molecule has 3 rings (SSSR count). The minimum Gasteiger partial charge on any atom is -0.348 e. The Hall–Kier alpha value is -2.62. The number of thiazole rings is 1. The summed E-state index contributed by atoms with van der Waals surface area (Å²) in [6.45, 7) is 16.0. The molecule has 1 aliphatic rings. The average Bonchev–Trinajstić information content (AvgIpc) is 3.58. The van der Waals surface area contributed by atoms with Crippen LogP contribution in [0.25, 0.3) is 10.4 Å². The number of likely N-dealkylation sites (N-methyl/N-ethyl adjacent to an activating group) is 1. The van der Waals surface area contributed by atoms with E-state index in [2.05, 4.69) is 46.9 Å². The van der Waals surface area contributed by atoms with Gasteiger partial charge in [-0.3, -0.25) is 9.59 Å². The molecule has 41 heavy (non-hydrogen) atoms. The molecule has 2 amide bonds. The van der Waals surface area contributed by atoms with E-state index in [9.17, 15) is 14.4 Å². The van der Waals surface area contributed by atoms with Crippen molar-refractivity contribution in [3.8, 4) is 10.4 Å². The Labute approximate surface area is 251 Å². The minimum absolute atomic E-state index is 0.00424.